The minimum Gasteiger partial charge on any atom is -0.494 e. The van der Waals surface area contributed by atoms with Crippen molar-refractivity contribution in [2.45, 2.75) is 38.5 Å². The van der Waals surface area contributed by atoms with E-state index in [1.165, 1.54) is 12.1 Å². The fraction of sp³-hybridized carbons (Fsp3) is 0.556. The molecule has 0 unspecified atom stereocenters. The molecule has 0 spiro atoms. The maximum absolute atomic E-state index is 12.7. The second-order valence-electron chi connectivity index (χ2n) is 5.99. The van der Waals surface area contributed by atoms with Crippen LogP contribution in [0.3, 0.4) is 0 Å². The van der Waals surface area contributed by atoms with Gasteiger partial charge in [-0.05, 0) is 49.9 Å². The van der Waals surface area contributed by atoms with E-state index in [2.05, 4.69) is 5.32 Å². The zero-order valence-electron chi connectivity index (χ0n) is 13.9. The molecule has 0 bridgehead atoms. The van der Waals surface area contributed by atoms with Gasteiger partial charge in [-0.3, -0.25) is 9.59 Å². The molecule has 1 saturated heterocycles. The Labute approximate surface area is 142 Å². The van der Waals surface area contributed by atoms with Crippen LogP contribution in [0, 0.1) is 5.82 Å². The molecule has 0 atom stereocenters. The monoisotopic (exact) mass is 336 g/mol. The molecule has 2 rings (SSSR count). The average molecular weight is 336 g/mol. The average Bonchev–Trinajstić information content (AvgIpc) is 2.77. The van der Waals surface area contributed by atoms with Crippen molar-refractivity contribution in [2.24, 2.45) is 0 Å². The molecule has 0 saturated carbocycles. The van der Waals surface area contributed by atoms with E-state index in [0.717, 1.165) is 32.1 Å². The van der Waals surface area contributed by atoms with Crippen LogP contribution in [0.25, 0.3) is 0 Å². The van der Waals surface area contributed by atoms with Gasteiger partial charge in [-0.15, -0.1) is 0 Å². The quantitative estimate of drug-likeness (QED) is 0.742. The van der Waals surface area contributed by atoms with Crippen molar-refractivity contribution in [3.05, 3.63) is 30.1 Å². The minimum atomic E-state index is -0.284. The van der Waals surface area contributed by atoms with Crippen LogP contribution >= 0.6 is 0 Å². The summed E-state index contributed by atoms with van der Waals surface area (Å²) in [6.45, 7) is 1.92. The highest BCUT2D eigenvalue weighted by Crippen LogP contribution is 2.12. The minimum absolute atomic E-state index is 0.0790. The third-order valence-electron chi connectivity index (χ3n) is 3.98. The van der Waals surface area contributed by atoms with E-state index in [0.29, 0.717) is 31.9 Å². The summed E-state index contributed by atoms with van der Waals surface area (Å²) < 4.78 is 18.2. The third kappa shape index (κ3) is 6.56. The lowest BCUT2D eigenvalue weighted by Crippen LogP contribution is -2.40. The van der Waals surface area contributed by atoms with Crippen LogP contribution in [0.5, 0.6) is 5.75 Å². The van der Waals surface area contributed by atoms with Crippen LogP contribution in [0.2, 0.25) is 0 Å². The molecule has 5 nitrogen and oxygen atoms in total. The van der Waals surface area contributed by atoms with Crippen molar-refractivity contribution >= 4 is 11.8 Å². The fourth-order valence-electron chi connectivity index (χ4n) is 2.61. The fourth-order valence-corrected chi connectivity index (χ4v) is 2.61. The molecule has 132 valence electrons. The number of likely N-dealkylation sites (tertiary alicyclic amines) is 1. The first-order chi connectivity index (χ1) is 11.6. The Morgan fingerprint density at radius 1 is 1.17 bits per heavy atom. The Hall–Kier alpha value is -2.11. The van der Waals surface area contributed by atoms with E-state index in [4.69, 9.17) is 4.74 Å². The number of rotatable bonds is 8. The van der Waals surface area contributed by atoms with E-state index in [-0.39, 0.29) is 24.2 Å². The zero-order valence-corrected chi connectivity index (χ0v) is 13.9. The highest BCUT2D eigenvalue weighted by atomic mass is 19.1. The van der Waals surface area contributed by atoms with Crippen molar-refractivity contribution in [3.8, 4) is 5.75 Å². The van der Waals surface area contributed by atoms with Crippen LogP contribution in [0.4, 0.5) is 4.39 Å². The molecule has 1 aromatic rings. The molecule has 1 N–H and O–H groups in total. The van der Waals surface area contributed by atoms with Gasteiger partial charge in [0, 0.05) is 19.5 Å². The molecule has 1 aromatic carbocycles. The van der Waals surface area contributed by atoms with Gasteiger partial charge < -0.3 is 15.0 Å². The molecule has 6 heteroatoms. The number of nitrogens with one attached hydrogen (secondary N) is 1. The number of amides is 2. The van der Waals surface area contributed by atoms with Crippen LogP contribution in [0.1, 0.15) is 38.5 Å². The Morgan fingerprint density at radius 3 is 2.75 bits per heavy atom. The van der Waals surface area contributed by atoms with E-state index in [1.807, 2.05) is 0 Å². The van der Waals surface area contributed by atoms with E-state index in [9.17, 15) is 14.0 Å². The summed E-state index contributed by atoms with van der Waals surface area (Å²) in [5.41, 5.74) is 0. The molecule has 0 radical (unpaired) electrons. The normalized spacial score (nSPS) is 15.0. The maximum Gasteiger partial charge on any atom is 0.239 e. The summed E-state index contributed by atoms with van der Waals surface area (Å²) in [5.74, 6) is 0.327. The molecule has 0 aliphatic carbocycles. The Morgan fingerprint density at radius 2 is 1.96 bits per heavy atom. The highest BCUT2D eigenvalue weighted by molar-refractivity contribution is 5.84. The molecule has 1 aliphatic rings. The van der Waals surface area contributed by atoms with E-state index in [1.54, 1.807) is 17.0 Å². The first-order valence-electron chi connectivity index (χ1n) is 8.58. The first-order valence-corrected chi connectivity index (χ1v) is 8.58. The summed E-state index contributed by atoms with van der Waals surface area (Å²) in [4.78, 5) is 25.4. The van der Waals surface area contributed by atoms with Crippen molar-refractivity contribution in [3.63, 3.8) is 0 Å². The van der Waals surface area contributed by atoms with E-state index < -0.39 is 0 Å². The number of carbonyl (C=O) groups is 2. The molecule has 1 heterocycles. The second kappa shape index (κ2) is 9.90. The lowest BCUT2D eigenvalue weighted by Gasteiger charge is -2.19. The van der Waals surface area contributed by atoms with Crippen LogP contribution < -0.4 is 10.1 Å². The summed E-state index contributed by atoms with van der Waals surface area (Å²) in [7, 11) is 0. The summed E-state index contributed by atoms with van der Waals surface area (Å²) in [6.07, 6.45) is 5.08. The van der Waals surface area contributed by atoms with Gasteiger partial charge in [0.25, 0.3) is 0 Å². The smallest absolute Gasteiger partial charge is 0.239 e. The van der Waals surface area contributed by atoms with Crippen LogP contribution in [0.15, 0.2) is 24.3 Å². The van der Waals surface area contributed by atoms with E-state index >= 15 is 0 Å². The number of nitrogens with zero attached hydrogens (tertiary/aromatic N) is 1. The molecule has 24 heavy (non-hydrogen) atoms. The molecule has 0 aromatic heterocycles. The number of carbonyl (C=O) groups excluding carboxylic acids is 2. The first kappa shape index (κ1) is 18.2. The molecule has 1 aliphatic heterocycles. The molecular weight excluding hydrogens is 311 g/mol. The Bertz CT molecular complexity index is 534. The standard InChI is InChI=1S/C18H25FN2O3/c19-15-7-9-16(10-8-15)24-13-5-3-11-20-17(22)14-21-12-4-1-2-6-18(21)23/h7-10H,1-6,11-14H2,(H,20,22). The van der Waals surface area contributed by atoms with Crippen molar-refractivity contribution in [1.29, 1.82) is 0 Å². The number of ether oxygens (including phenoxy) is 1. The summed E-state index contributed by atoms with van der Waals surface area (Å²) in [5, 5.41) is 2.84. The van der Waals surface area contributed by atoms with Gasteiger partial charge in [-0.1, -0.05) is 6.42 Å². The number of unbranched alkanes of at least 4 members (excludes halogenated alkanes) is 1. The SMILES string of the molecule is O=C(CN1CCCCCC1=O)NCCCCOc1ccc(F)cc1. The van der Waals surface area contributed by atoms with Gasteiger partial charge in [0.1, 0.15) is 11.6 Å². The highest BCUT2D eigenvalue weighted by Gasteiger charge is 2.18. The second-order valence-corrected chi connectivity index (χ2v) is 5.99. The molecular formula is C18H25FN2O3. The maximum atomic E-state index is 12.7. The topological polar surface area (TPSA) is 58.6 Å². The molecule has 2 amide bonds. The lowest BCUT2D eigenvalue weighted by atomic mass is 10.2. The Balaban J connectivity index is 1.54. The number of hydrogen-bond acceptors (Lipinski definition) is 3. The van der Waals surface area contributed by atoms with Gasteiger partial charge in [0.2, 0.25) is 11.8 Å². The van der Waals surface area contributed by atoms with Crippen LogP contribution in [-0.2, 0) is 9.59 Å². The van der Waals surface area contributed by atoms with Gasteiger partial charge in [-0.25, -0.2) is 4.39 Å². The number of hydrogen-bond donors (Lipinski definition) is 1. The number of benzene rings is 1. The van der Waals surface area contributed by atoms with Crippen molar-refractivity contribution < 1.29 is 18.7 Å². The Kier molecular flexibility index (Phi) is 7.52. The predicted octanol–water partition coefficient (Wildman–Crippen LogP) is 2.50. The van der Waals surface area contributed by atoms with Gasteiger partial charge in [0.05, 0.1) is 13.2 Å². The number of halogens is 1. The van der Waals surface area contributed by atoms with Gasteiger partial charge in [0.15, 0.2) is 0 Å². The lowest BCUT2D eigenvalue weighted by molar-refractivity contribution is -0.135. The van der Waals surface area contributed by atoms with Gasteiger partial charge >= 0.3 is 0 Å². The molecule has 1 fully saturated rings. The van der Waals surface area contributed by atoms with Crippen LogP contribution in [-0.4, -0.2) is 43.0 Å². The van der Waals surface area contributed by atoms with Crippen molar-refractivity contribution in [2.75, 3.05) is 26.2 Å². The third-order valence-corrected chi connectivity index (χ3v) is 3.98. The summed E-state index contributed by atoms with van der Waals surface area (Å²) in [6, 6.07) is 5.91. The van der Waals surface area contributed by atoms with Gasteiger partial charge in [-0.2, -0.15) is 0 Å². The largest absolute Gasteiger partial charge is 0.494 e. The summed E-state index contributed by atoms with van der Waals surface area (Å²) >= 11 is 0. The van der Waals surface area contributed by atoms with Crippen molar-refractivity contribution in [1.82, 2.24) is 10.2 Å². The predicted molar refractivity (Wildman–Crippen MR) is 89.2 cm³/mol. The zero-order chi connectivity index (χ0) is 17.2.